The van der Waals surface area contributed by atoms with Crippen molar-refractivity contribution in [3.63, 3.8) is 0 Å². The summed E-state index contributed by atoms with van der Waals surface area (Å²) in [5, 5.41) is 0.440. The molecule has 0 radical (unpaired) electrons. The standard InChI is InChI=1S/C11H13ClO2/c1-7(2)14-11(13)10-8(3)5-4-6-9(10)12/h4-7H,1-3H3. The smallest absolute Gasteiger partial charge is 0.340 e. The van der Waals surface area contributed by atoms with Gasteiger partial charge in [-0.25, -0.2) is 4.79 Å². The summed E-state index contributed by atoms with van der Waals surface area (Å²) in [6, 6.07) is 5.33. The molecule has 0 spiro atoms. The van der Waals surface area contributed by atoms with Crippen molar-refractivity contribution < 1.29 is 9.53 Å². The van der Waals surface area contributed by atoms with E-state index in [1.165, 1.54) is 0 Å². The van der Waals surface area contributed by atoms with Crippen LogP contribution in [0.25, 0.3) is 0 Å². The lowest BCUT2D eigenvalue weighted by molar-refractivity contribution is 0.0377. The molecule has 1 rings (SSSR count). The number of carbonyl (C=O) groups is 1. The van der Waals surface area contributed by atoms with E-state index in [9.17, 15) is 4.79 Å². The first-order valence-corrected chi connectivity index (χ1v) is 4.86. The third-order valence-corrected chi connectivity index (χ3v) is 2.08. The fraction of sp³-hybridized carbons (Fsp3) is 0.364. The normalized spacial score (nSPS) is 10.4. The number of hydrogen-bond acceptors (Lipinski definition) is 2. The van der Waals surface area contributed by atoms with Crippen molar-refractivity contribution in [3.05, 3.63) is 34.3 Å². The Bertz CT molecular complexity index is 325. The van der Waals surface area contributed by atoms with Crippen LogP contribution in [0.15, 0.2) is 18.2 Å². The molecule has 0 heterocycles. The topological polar surface area (TPSA) is 26.3 Å². The number of carbonyl (C=O) groups excluding carboxylic acids is 1. The van der Waals surface area contributed by atoms with Crippen molar-refractivity contribution in [2.24, 2.45) is 0 Å². The second-order valence-corrected chi connectivity index (χ2v) is 3.79. The Morgan fingerprint density at radius 3 is 2.57 bits per heavy atom. The van der Waals surface area contributed by atoms with Crippen LogP contribution in [-0.2, 0) is 4.74 Å². The van der Waals surface area contributed by atoms with E-state index in [2.05, 4.69) is 0 Å². The van der Waals surface area contributed by atoms with Crippen LogP contribution in [0.3, 0.4) is 0 Å². The van der Waals surface area contributed by atoms with Gasteiger partial charge in [0.2, 0.25) is 0 Å². The first kappa shape index (κ1) is 11.1. The molecule has 0 aromatic heterocycles. The van der Waals surface area contributed by atoms with E-state index in [1.807, 2.05) is 32.9 Å². The van der Waals surface area contributed by atoms with Crippen LogP contribution in [0.2, 0.25) is 5.02 Å². The van der Waals surface area contributed by atoms with Gasteiger partial charge in [-0.15, -0.1) is 0 Å². The van der Waals surface area contributed by atoms with Gasteiger partial charge in [-0.3, -0.25) is 0 Å². The Balaban J connectivity index is 3.00. The number of rotatable bonds is 2. The molecule has 0 aliphatic rings. The highest BCUT2D eigenvalue weighted by molar-refractivity contribution is 6.33. The SMILES string of the molecule is Cc1cccc(Cl)c1C(=O)OC(C)C. The van der Waals surface area contributed by atoms with E-state index in [0.717, 1.165) is 5.56 Å². The van der Waals surface area contributed by atoms with E-state index in [-0.39, 0.29) is 12.1 Å². The summed E-state index contributed by atoms with van der Waals surface area (Å²) in [6.07, 6.45) is -0.127. The fourth-order valence-corrected chi connectivity index (χ4v) is 1.46. The first-order valence-electron chi connectivity index (χ1n) is 4.48. The molecule has 0 aliphatic heterocycles. The average molecular weight is 213 g/mol. The van der Waals surface area contributed by atoms with Crippen LogP contribution in [0.1, 0.15) is 29.8 Å². The highest BCUT2D eigenvalue weighted by Crippen LogP contribution is 2.20. The van der Waals surface area contributed by atoms with Crippen LogP contribution < -0.4 is 0 Å². The third-order valence-electron chi connectivity index (χ3n) is 1.77. The minimum Gasteiger partial charge on any atom is -0.459 e. The lowest BCUT2D eigenvalue weighted by Gasteiger charge is -2.10. The van der Waals surface area contributed by atoms with Crippen molar-refractivity contribution >= 4 is 17.6 Å². The van der Waals surface area contributed by atoms with Gasteiger partial charge in [0.25, 0.3) is 0 Å². The number of halogens is 1. The Morgan fingerprint density at radius 2 is 2.07 bits per heavy atom. The summed E-state index contributed by atoms with van der Waals surface area (Å²) in [5.74, 6) is -0.358. The van der Waals surface area contributed by atoms with Crippen LogP contribution in [-0.4, -0.2) is 12.1 Å². The maximum atomic E-state index is 11.6. The van der Waals surface area contributed by atoms with Gasteiger partial charge < -0.3 is 4.74 Å². The molecule has 1 aromatic rings. The molecule has 0 N–H and O–H groups in total. The molecule has 0 atom stereocenters. The van der Waals surface area contributed by atoms with Crippen molar-refractivity contribution in [2.45, 2.75) is 26.9 Å². The Labute approximate surface area is 88.8 Å². The first-order chi connectivity index (χ1) is 6.52. The fourth-order valence-electron chi connectivity index (χ4n) is 1.16. The second kappa shape index (κ2) is 4.47. The molecule has 76 valence electrons. The minimum atomic E-state index is -0.358. The van der Waals surface area contributed by atoms with Crippen LogP contribution in [0.4, 0.5) is 0 Å². The summed E-state index contributed by atoms with van der Waals surface area (Å²) < 4.78 is 5.07. The molecule has 0 fully saturated rings. The van der Waals surface area contributed by atoms with Crippen molar-refractivity contribution in [3.8, 4) is 0 Å². The van der Waals surface area contributed by atoms with Gasteiger partial charge in [-0.1, -0.05) is 23.7 Å². The van der Waals surface area contributed by atoms with Gasteiger partial charge >= 0.3 is 5.97 Å². The van der Waals surface area contributed by atoms with Gasteiger partial charge in [0.05, 0.1) is 16.7 Å². The molecule has 2 nitrogen and oxygen atoms in total. The minimum absolute atomic E-state index is 0.127. The van der Waals surface area contributed by atoms with Crippen LogP contribution >= 0.6 is 11.6 Å². The zero-order chi connectivity index (χ0) is 10.7. The number of benzene rings is 1. The highest BCUT2D eigenvalue weighted by atomic mass is 35.5. The third kappa shape index (κ3) is 2.48. The second-order valence-electron chi connectivity index (χ2n) is 3.39. The molecular weight excluding hydrogens is 200 g/mol. The Hall–Kier alpha value is -1.02. The van der Waals surface area contributed by atoms with E-state index >= 15 is 0 Å². The van der Waals surface area contributed by atoms with Gasteiger partial charge in [0.15, 0.2) is 0 Å². The van der Waals surface area contributed by atoms with E-state index in [1.54, 1.807) is 6.07 Å². The number of aryl methyl sites for hydroxylation is 1. The molecule has 0 bridgehead atoms. The van der Waals surface area contributed by atoms with Gasteiger partial charge in [0, 0.05) is 0 Å². The van der Waals surface area contributed by atoms with Gasteiger partial charge in [-0.05, 0) is 32.4 Å². The summed E-state index contributed by atoms with van der Waals surface area (Å²) in [5.41, 5.74) is 1.30. The predicted octanol–water partition coefficient (Wildman–Crippen LogP) is 3.21. The molecule has 0 saturated heterocycles. The predicted molar refractivity (Wildman–Crippen MR) is 56.7 cm³/mol. The largest absolute Gasteiger partial charge is 0.459 e. The maximum Gasteiger partial charge on any atom is 0.340 e. The monoisotopic (exact) mass is 212 g/mol. The van der Waals surface area contributed by atoms with E-state index in [0.29, 0.717) is 10.6 Å². The molecule has 0 amide bonds. The quantitative estimate of drug-likeness (QED) is 0.704. The Morgan fingerprint density at radius 1 is 1.43 bits per heavy atom. The molecule has 0 unspecified atom stereocenters. The van der Waals surface area contributed by atoms with Crippen molar-refractivity contribution in [1.29, 1.82) is 0 Å². The summed E-state index contributed by atoms with van der Waals surface area (Å²) in [6.45, 7) is 5.46. The van der Waals surface area contributed by atoms with Crippen LogP contribution in [0.5, 0.6) is 0 Å². The summed E-state index contributed by atoms with van der Waals surface area (Å²) in [7, 11) is 0. The molecule has 0 aliphatic carbocycles. The number of esters is 1. The van der Waals surface area contributed by atoms with Gasteiger partial charge in [-0.2, -0.15) is 0 Å². The summed E-state index contributed by atoms with van der Waals surface area (Å²) in [4.78, 5) is 11.6. The molecule has 3 heteroatoms. The molecule has 14 heavy (non-hydrogen) atoms. The lowest BCUT2D eigenvalue weighted by Crippen LogP contribution is -2.13. The zero-order valence-corrected chi connectivity index (χ0v) is 9.26. The highest BCUT2D eigenvalue weighted by Gasteiger charge is 2.15. The molecule has 1 aromatic carbocycles. The van der Waals surface area contributed by atoms with Crippen molar-refractivity contribution in [1.82, 2.24) is 0 Å². The van der Waals surface area contributed by atoms with Crippen LogP contribution in [0, 0.1) is 6.92 Å². The Kier molecular flexibility index (Phi) is 3.53. The average Bonchev–Trinajstić information content (AvgIpc) is 2.01. The molecule has 0 saturated carbocycles. The zero-order valence-electron chi connectivity index (χ0n) is 8.50. The van der Waals surface area contributed by atoms with E-state index < -0.39 is 0 Å². The molecular formula is C11H13ClO2. The number of ether oxygens (including phenoxy) is 1. The number of hydrogen-bond donors (Lipinski definition) is 0. The van der Waals surface area contributed by atoms with Crippen molar-refractivity contribution in [2.75, 3.05) is 0 Å². The maximum absolute atomic E-state index is 11.6. The van der Waals surface area contributed by atoms with Gasteiger partial charge in [0.1, 0.15) is 0 Å². The summed E-state index contributed by atoms with van der Waals surface area (Å²) >= 11 is 5.91. The van der Waals surface area contributed by atoms with E-state index in [4.69, 9.17) is 16.3 Å². The lowest BCUT2D eigenvalue weighted by atomic mass is 10.1.